The van der Waals surface area contributed by atoms with E-state index in [4.69, 9.17) is 10.5 Å². The molecule has 0 radical (unpaired) electrons. The van der Waals surface area contributed by atoms with Gasteiger partial charge >= 0.3 is 0 Å². The average Bonchev–Trinajstić information content (AvgIpc) is 2.61. The van der Waals surface area contributed by atoms with Gasteiger partial charge in [-0.05, 0) is 20.8 Å². The number of hydrogen-bond acceptors (Lipinski definition) is 3. The fourth-order valence-electron chi connectivity index (χ4n) is 1.44. The molecule has 80 valence electrons. The summed E-state index contributed by atoms with van der Waals surface area (Å²) in [6, 6.07) is 0. The number of ether oxygens (including phenoxy) is 1. The van der Waals surface area contributed by atoms with Crippen LogP contribution in [-0.2, 0) is 11.3 Å². The summed E-state index contributed by atoms with van der Waals surface area (Å²) in [5.74, 6) is 0. The van der Waals surface area contributed by atoms with Gasteiger partial charge in [-0.15, -0.1) is 0 Å². The average molecular weight is 197 g/mol. The molecule has 1 unspecified atom stereocenters. The third-order valence-corrected chi connectivity index (χ3v) is 2.07. The summed E-state index contributed by atoms with van der Waals surface area (Å²) in [4.78, 5) is 4.10. The first-order chi connectivity index (χ1) is 6.69. The Morgan fingerprint density at radius 3 is 2.79 bits per heavy atom. The number of aromatic nitrogens is 2. The summed E-state index contributed by atoms with van der Waals surface area (Å²) < 4.78 is 7.76. The lowest BCUT2D eigenvalue weighted by Crippen LogP contribution is -2.21. The van der Waals surface area contributed by atoms with E-state index in [1.165, 1.54) is 0 Å². The zero-order chi connectivity index (χ0) is 10.6. The molecular formula is C10H19N3O. The third kappa shape index (κ3) is 2.56. The zero-order valence-electron chi connectivity index (χ0n) is 9.10. The Balaban J connectivity index is 2.77. The van der Waals surface area contributed by atoms with Crippen molar-refractivity contribution in [3.63, 3.8) is 0 Å². The minimum absolute atomic E-state index is 0.0440. The van der Waals surface area contributed by atoms with Crippen LogP contribution >= 0.6 is 0 Å². The first-order valence-corrected chi connectivity index (χ1v) is 5.04. The van der Waals surface area contributed by atoms with E-state index in [0.717, 1.165) is 12.2 Å². The van der Waals surface area contributed by atoms with Gasteiger partial charge in [-0.25, -0.2) is 4.98 Å². The standard InChI is InChI=1S/C10H19N3O/c1-4-13-7-12-6-9(13)10(5-11)14-8(2)3/h6-8,10H,4-5,11H2,1-3H3. The van der Waals surface area contributed by atoms with Gasteiger partial charge in [0.2, 0.25) is 0 Å². The summed E-state index contributed by atoms with van der Waals surface area (Å²) in [7, 11) is 0. The fourth-order valence-corrected chi connectivity index (χ4v) is 1.44. The molecule has 1 aromatic rings. The van der Waals surface area contributed by atoms with E-state index in [1.54, 1.807) is 0 Å². The second-order valence-corrected chi connectivity index (χ2v) is 3.51. The van der Waals surface area contributed by atoms with Gasteiger partial charge in [0.1, 0.15) is 6.10 Å². The van der Waals surface area contributed by atoms with Crippen LogP contribution in [-0.4, -0.2) is 22.2 Å². The van der Waals surface area contributed by atoms with Crippen molar-refractivity contribution < 1.29 is 4.74 Å². The second kappa shape index (κ2) is 5.12. The normalized spacial score (nSPS) is 13.5. The number of hydrogen-bond donors (Lipinski definition) is 1. The molecule has 0 aromatic carbocycles. The van der Waals surface area contributed by atoms with Crippen LogP contribution in [0.15, 0.2) is 12.5 Å². The van der Waals surface area contributed by atoms with Gasteiger partial charge < -0.3 is 15.0 Å². The van der Waals surface area contributed by atoms with Crippen LogP contribution in [0.4, 0.5) is 0 Å². The monoisotopic (exact) mass is 197 g/mol. The maximum absolute atomic E-state index is 5.70. The van der Waals surface area contributed by atoms with Crippen molar-refractivity contribution in [2.45, 2.75) is 39.5 Å². The van der Waals surface area contributed by atoms with Crippen molar-refractivity contribution in [2.24, 2.45) is 5.73 Å². The maximum atomic E-state index is 5.70. The van der Waals surface area contributed by atoms with E-state index in [2.05, 4.69) is 16.5 Å². The van der Waals surface area contributed by atoms with Gasteiger partial charge in [0.15, 0.2) is 0 Å². The third-order valence-electron chi connectivity index (χ3n) is 2.07. The molecule has 1 rings (SSSR count). The Bertz CT molecular complexity index is 270. The van der Waals surface area contributed by atoms with Gasteiger partial charge in [0.25, 0.3) is 0 Å². The van der Waals surface area contributed by atoms with Gasteiger partial charge in [0.05, 0.1) is 24.3 Å². The van der Waals surface area contributed by atoms with Crippen molar-refractivity contribution in [3.8, 4) is 0 Å². The molecule has 4 heteroatoms. The van der Waals surface area contributed by atoms with Crippen LogP contribution in [0.1, 0.15) is 32.6 Å². The van der Waals surface area contributed by atoms with Crippen LogP contribution in [0.25, 0.3) is 0 Å². The molecule has 4 nitrogen and oxygen atoms in total. The summed E-state index contributed by atoms with van der Waals surface area (Å²) >= 11 is 0. The summed E-state index contributed by atoms with van der Waals surface area (Å²) in [6.07, 6.45) is 3.77. The van der Waals surface area contributed by atoms with Crippen molar-refractivity contribution in [3.05, 3.63) is 18.2 Å². The zero-order valence-corrected chi connectivity index (χ0v) is 9.10. The predicted octanol–water partition coefficient (Wildman–Crippen LogP) is 1.33. The number of nitrogens with zero attached hydrogens (tertiary/aromatic N) is 2. The Kier molecular flexibility index (Phi) is 4.10. The van der Waals surface area contributed by atoms with Crippen LogP contribution in [0.3, 0.4) is 0 Å². The Morgan fingerprint density at radius 2 is 2.29 bits per heavy atom. The molecule has 14 heavy (non-hydrogen) atoms. The molecule has 0 aliphatic rings. The topological polar surface area (TPSA) is 53.1 Å². The molecular weight excluding hydrogens is 178 g/mol. The summed E-state index contributed by atoms with van der Waals surface area (Å²) in [5, 5.41) is 0. The van der Waals surface area contributed by atoms with E-state index < -0.39 is 0 Å². The first-order valence-electron chi connectivity index (χ1n) is 5.04. The van der Waals surface area contributed by atoms with E-state index in [-0.39, 0.29) is 12.2 Å². The highest BCUT2D eigenvalue weighted by molar-refractivity contribution is 5.03. The minimum Gasteiger partial charge on any atom is -0.368 e. The lowest BCUT2D eigenvalue weighted by molar-refractivity contribution is 0.00769. The highest BCUT2D eigenvalue weighted by Gasteiger charge is 2.15. The second-order valence-electron chi connectivity index (χ2n) is 3.51. The Morgan fingerprint density at radius 1 is 1.57 bits per heavy atom. The fraction of sp³-hybridized carbons (Fsp3) is 0.700. The molecule has 1 aromatic heterocycles. The molecule has 0 saturated carbocycles. The van der Waals surface area contributed by atoms with E-state index in [9.17, 15) is 0 Å². The quantitative estimate of drug-likeness (QED) is 0.774. The highest BCUT2D eigenvalue weighted by atomic mass is 16.5. The molecule has 0 spiro atoms. The predicted molar refractivity (Wildman–Crippen MR) is 55.9 cm³/mol. The SMILES string of the molecule is CCn1cncc1C(CN)OC(C)C. The summed E-state index contributed by atoms with van der Waals surface area (Å²) in [5.41, 5.74) is 6.73. The van der Waals surface area contributed by atoms with E-state index in [0.29, 0.717) is 6.54 Å². The van der Waals surface area contributed by atoms with Crippen LogP contribution < -0.4 is 5.73 Å². The van der Waals surface area contributed by atoms with Crippen LogP contribution in [0.5, 0.6) is 0 Å². The highest BCUT2D eigenvalue weighted by Crippen LogP contribution is 2.17. The molecule has 0 fully saturated rings. The molecule has 0 bridgehead atoms. The lowest BCUT2D eigenvalue weighted by Gasteiger charge is -2.19. The van der Waals surface area contributed by atoms with Gasteiger partial charge in [-0.2, -0.15) is 0 Å². The van der Waals surface area contributed by atoms with Crippen LogP contribution in [0, 0.1) is 0 Å². The van der Waals surface area contributed by atoms with Gasteiger partial charge in [-0.3, -0.25) is 0 Å². The van der Waals surface area contributed by atoms with Crippen molar-refractivity contribution in [2.75, 3.05) is 6.54 Å². The molecule has 1 heterocycles. The smallest absolute Gasteiger partial charge is 0.112 e. The van der Waals surface area contributed by atoms with E-state index >= 15 is 0 Å². The molecule has 2 N–H and O–H groups in total. The molecule has 0 amide bonds. The molecule has 0 saturated heterocycles. The van der Waals surface area contributed by atoms with Gasteiger partial charge in [0, 0.05) is 13.1 Å². The van der Waals surface area contributed by atoms with E-state index in [1.807, 2.05) is 26.4 Å². The Hall–Kier alpha value is -0.870. The van der Waals surface area contributed by atoms with Crippen LogP contribution in [0.2, 0.25) is 0 Å². The van der Waals surface area contributed by atoms with Crippen molar-refractivity contribution in [1.82, 2.24) is 9.55 Å². The number of aryl methyl sites for hydroxylation is 1. The lowest BCUT2D eigenvalue weighted by atomic mass is 10.2. The minimum atomic E-state index is -0.0440. The van der Waals surface area contributed by atoms with Crippen molar-refractivity contribution >= 4 is 0 Å². The molecule has 1 atom stereocenters. The maximum Gasteiger partial charge on any atom is 0.112 e. The molecule has 0 aliphatic carbocycles. The van der Waals surface area contributed by atoms with Gasteiger partial charge in [-0.1, -0.05) is 0 Å². The largest absolute Gasteiger partial charge is 0.368 e. The summed E-state index contributed by atoms with van der Waals surface area (Å²) in [6.45, 7) is 7.48. The first kappa shape index (κ1) is 11.2. The van der Waals surface area contributed by atoms with Crippen molar-refractivity contribution in [1.29, 1.82) is 0 Å². The number of nitrogens with two attached hydrogens (primary N) is 1. The number of rotatable bonds is 5. The number of imidazole rings is 1. The Labute approximate surface area is 85.1 Å². The molecule has 0 aliphatic heterocycles.